The van der Waals surface area contributed by atoms with Crippen LogP contribution < -0.4 is 10.1 Å². The highest BCUT2D eigenvalue weighted by molar-refractivity contribution is 5.94. The van der Waals surface area contributed by atoms with E-state index in [9.17, 15) is 9.18 Å². The van der Waals surface area contributed by atoms with Crippen LogP contribution in [0.3, 0.4) is 0 Å². The van der Waals surface area contributed by atoms with Crippen LogP contribution in [0.1, 0.15) is 37.0 Å². The number of nitrogens with zero attached hydrogens (tertiary/aromatic N) is 1. The zero-order chi connectivity index (χ0) is 15.4. The molecule has 0 aliphatic carbocycles. The lowest BCUT2D eigenvalue weighted by atomic mass is 10.0. The van der Waals surface area contributed by atoms with E-state index in [4.69, 9.17) is 4.74 Å². The Kier molecular flexibility index (Phi) is 5.17. The van der Waals surface area contributed by atoms with Crippen molar-refractivity contribution in [2.45, 2.75) is 38.8 Å². The molecule has 0 unspecified atom stereocenters. The molecule has 1 atom stereocenters. The van der Waals surface area contributed by atoms with Crippen LogP contribution in [0.15, 0.2) is 18.2 Å². The topological polar surface area (TPSA) is 41.6 Å². The van der Waals surface area contributed by atoms with E-state index in [1.165, 1.54) is 19.2 Å². The summed E-state index contributed by atoms with van der Waals surface area (Å²) in [6.45, 7) is 6.23. The summed E-state index contributed by atoms with van der Waals surface area (Å²) in [4.78, 5) is 14.6. The summed E-state index contributed by atoms with van der Waals surface area (Å²) in [6.07, 6.45) is 2.04. The Morgan fingerprint density at radius 2 is 2.24 bits per heavy atom. The van der Waals surface area contributed by atoms with Crippen LogP contribution in [-0.2, 0) is 0 Å². The molecule has 1 aromatic carbocycles. The number of hydrogen-bond donors (Lipinski definition) is 1. The Labute approximate surface area is 125 Å². The number of halogens is 1. The van der Waals surface area contributed by atoms with Gasteiger partial charge in [-0.25, -0.2) is 4.39 Å². The molecule has 2 rings (SSSR count). The molecular formula is C16H23FN2O2. The van der Waals surface area contributed by atoms with E-state index in [0.717, 1.165) is 25.9 Å². The van der Waals surface area contributed by atoms with E-state index in [2.05, 4.69) is 24.1 Å². The number of carbonyl (C=O) groups excluding carboxylic acids is 1. The molecule has 5 heteroatoms. The SMILES string of the molecule is COc1ccc(C(=O)N[C@@H]2CCCN(C(C)C)C2)cc1F. The zero-order valence-corrected chi connectivity index (χ0v) is 12.9. The monoisotopic (exact) mass is 294 g/mol. The van der Waals surface area contributed by atoms with Crippen molar-refractivity contribution in [2.24, 2.45) is 0 Å². The highest BCUT2D eigenvalue weighted by atomic mass is 19.1. The van der Waals surface area contributed by atoms with Gasteiger partial charge in [0.25, 0.3) is 5.91 Å². The van der Waals surface area contributed by atoms with Crippen LogP contribution >= 0.6 is 0 Å². The van der Waals surface area contributed by atoms with Gasteiger partial charge in [-0.05, 0) is 51.4 Å². The van der Waals surface area contributed by atoms with Crippen LogP contribution in [0, 0.1) is 5.82 Å². The number of rotatable bonds is 4. The Morgan fingerprint density at radius 1 is 1.48 bits per heavy atom. The lowest BCUT2D eigenvalue weighted by molar-refractivity contribution is 0.0886. The van der Waals surface area contributed by atoms with Gasteiger partial charge in [0.1, 0.15) is 0 Å². The van der Waals surface area contributed by atoms with Crippen molar-refractivity contribution in [3.63, 3.8) is 0 Å². The highest BCUT2D eigenvalue weighted by Gasteiger charge is 2.23. The molecule has 1 amide bonds. The lowest BCUT2D eigenvalue weighted by Gasteiger charge is -2.35. The normalized spacial score (nSPS) is 19.6. The fourth-order valence-electron chi connectivity index (χ4n) is 2.67. The van der Waals surface area contributed by atoms with Gasteiger partial charge in [-0.1, -0.05) is 0 Å². The quantitative estimate of drug-likeness (QED) is 0.927. The summed E-state index contributed by atoms with van der Waals surface area (Å²) in [5.41, 5.74) is 0.329. The van der Waals surface area contributed by atoms with E-state index in [1.54, 1.807) is 6.07 Å². The second-order valence-corrected chi connectivity index (χ2v) is 5.75. The Balaban J connectivity index is 1.99. The van der Waals surface area contributed by atoms with E-state index < -0.39 is 5.82 Å². The third-order valence-corrected chi connectivity index (χ3v) is 3.93. The van der Waals surface area contributed by atoms with E-state index in [-0.39, 0.29) is 17.7 Å². The fraction of sp³-hybridized carbons (Fsp3) is 0.562. The molecule has 1 N–H and O–H groups in total. The number of ether oxygens (including phenoxy) is 1. The van der Waals surface area contributed by atoms with Crippen LogP contribution in [0.5, 0.6) is 5.75 Å². The number of likely N-dealkylation sites (tertiary alicyclic amines) is 1. The van der Waals surface area contributed by atoms with E-state index in [1.807, 2.05) is 0 Å². The largest absolute Gasteiger partial charge is 0.494 e. The molecule has 21 heavy (non-hydrogen) atoms. The maximum Gasteiger partial charge on any atom is 0.251 e. The van der Waals surface area contributed by atoms with Gasteiger partial charge in [0.15, 0.2) is 11.6 Å². The van der Waals surface area contributed by atoms with Crippen LogP contribution in [0.25, 0.3) is 0 Å². The van der Waals surface area contributed by atoms with Gasteiger partial charge in [0.05, 0.1) is 7.11 Å². The Morgan fingerprint density at radius 3 is 2.86 bits per heavy atom. The average molecular weight is 294 g/mol. The van der Waals surface area contributed by atoms with Gasteiger partial charge in [-0.15, -0.1) is 0 Å². The molecule has 0 saturated carbocycles. The van der Waals surface area contributed by atoms with Gasteiger partial charge in [0.2, 0.25) is 0 Å². The summed E-state index contributed by atoms with van der Waals surface area (Å²) in [6, 6.07) is 4.88. The number of carbonyl (C=O) groups is 1. The van der Waals surface area contributed by atoms with Gasteiger partial charge in [-0.3, -0.25) is 9.69 Å². The minimum absolute atomic E-state index is 0.124. The first-order chi connectivity index (χ1) is 10.0. The van der Waals surface area contributed by atoms with Gasteiger partial charge in [-0.2, -0.15) is 0 Å². The molecule has 0 bridgehead atoms. The average Bonchev–Trinajstić information content (AvgIpc) is 2.47. The predicted octanol–water partition coefficient (Wildman–Crippen LogP) is 2.44. The summed E-state index contributed by atoms with van der Waals surface area (Å²) in [7, 11) is 1.40. The van der Waals surface area contributed by atoms with Gasteiger partial charge in [0, 0.05) is 24.2 Å². The van der Waals surface area contributed by atoms with Crippen LogP contribution in [0.4, 0.5) is 4.39 Å². The molecule has 1 aliphatic rings. The maximum atomic E-state index is 13.6. The van der Waals surface area contributed by atoms with Crippen molar-refractivity contribution in [3.8, 4) is 5.75 Å². The molecule has 1 aliphatic heterocycles. The lowest BCUT2D eigenvalue weighted by Crippen LogP contribution is -2.49. The predicted molar refractivity (Wildman–Crippen MR) is 80.1 cm³/mol. The van der Waals surface area contributed by atoms with E-state index in [0.29, 0.717) is 11.6 Å². The molecular weight excluding hydrogens is 271 g/mol. The first-order valence-corrected chi connectivity index (χ1v) is 7.39. The van der Waals surface area contributed by atoms with Crippen LogP contribution in [-0.4, -0.2) is 43.1 Å². The number of piperidine rings is 1. The molecule has 0 radical (unpaired) electrons. The second kappa shape index (κ2) is 6.89. The standard InChI is InChI=1S/C16H23FN2O2/c1-11(2)19-8-4-5-13(10-19)18-16(20)12-6-7-15(21-3)14(17)9-12/h6-7,9,11,13H,4-5,8,10H2,1-3H3,(H,18,20)/t13-/m1/s1. The second-order valence-electron chi connectivity index (χ2n) is 5.75. The molecule has 4 nitrogen and oxygen atoms in total. The smallest absolute Gasteiger partial charge is 0.251 e. The first kappa shape index (κ1) is 15.8. The Bertz CT molecular complexity index is 505. The molecule has 1 heterocycles. The third-order valence-electron chi connectivity index (χ3n) is 3.93. The van der Waals surface area contributed by atoms with Gasteiger partial charge >= 0.3 is 0 Å². The molecule has 0 spiro atoms. The van der Waals surface area contributed by atoms with Crippen molar-refractivity contribution >= 4 is 5.91 Å². The summed E-state index contributed by atoms with van der Waals surface area (Å²) in [5, 5.41) is 3.00. The number of methoxy groups -OCH3 is 1. The number of benzene rings is 1. The number of nitrogens with one attached hydrogen (secondary N) is 1. The third kappa shape index (κ3) is 3.94. The first-order valence-electron chi connectivity index (χ1n) is 7.39. The van der Waals surface area contributed by atoms with Crippen molar-refractivity contribution in [2.75, 3.05) is 20.2 Å². The molecule has 1 aromatic rings. The molecule has 1 fully saturated rings. The molecule has 0 aromatic heterocycles. The summed E-state index contributed by atoms with van der Waals surface area (Å²) in [5.74, 6) is -0.597. The van der Waals surface area contributed by atoms with Crippen LogP contribution in [0.2, 0.25) is 0 Å². The Hall–Kier alpha value is -1.62. The van der Waals surface area contributed by atoms with Crippen molar-refractivity contribution in [3.05, 3.63) is 29.6 Å². The molecule has 1 saturated heterocycles. The van der Waals surface area contributed by atoms with Crippen molar-refractivity contribution in [1.82, 2.24) is 10.2 Å². The van der Waals surface area contributed by atoms with Crippen molar-refractivity contribution < 1.29 is 13.9 Å². The minimum atomic E-state index is -0.516. The zero-order valence-electron chi connectivity index (χ0n) is 12.9. The molecule has 116 valence electrons. The van der Waals surface area contributed by atoms with Crippen molar-refractivity contribution in [1.29, 1.82) is 0 Å². The summed E-state index contributed by atoms with van der Waals surface area (Å²) < 4.78 is 18.5. The maximum absolute atomic E-state index is 13.6. The summed E-state index contributed by atoms with van der Waals surface area (Å²) >= 11 is 0. The minimum Gasteiger partial charge on any atom is -0.494 e. The van der Waals surface area contributed by atoms with Gasteiger partial charge < -0.3 is 10.1 Å². The fourth-order valence-corrected chi connectivity index (χ4v) is 2.67. The number of hydrogen-bond acceptors (Lipinski definition) is 3. The van der Waals surface area contributed by atoms with E-state index >= 15 is 0 Å². The number of amides is 1. The highest BCUT2D eigenvalue weighted by Crippen LogP contribution is 2.18.